The van der Waals surface area contributed by atoms with Crippen molar-refractivity contribution in [3.63, 3.8) is 0 Å². The minimum atomic E-state index is -1.43. The van der Waals surface area contributed by atoms with E-state index in [1.807, 2.05) is 13.8 Å². The van der Waals surface area contributed by atoms with Gasteiger partial charge < -0.3 is 14.4 Å². The number of para-hydroxylation sites is 1. The SMILES string of the molecule is COCCN1C(=O)c2ccccc2N2C(=O)CC[C@]12C(=O)OCC(C)C. The summed E-state index contributed by atoms with van der Waals surface area (Å²) in [6.45, 7) is 4.56. The van der Waals surface area contributed by atoms with Crippen LogP contribution in [0.1, 0.15) is 37.0 Å². The fourth-order valence-electron chi connectivity index (χ4n) is 3.59. The molecule has 0 bridgehead atoms. The summed E-state index contributed by atoms with van der Waals surface area (Å²) in [5, 5.41) is 0. The van der Waals surface area contributed by atoms with Gasteiger partial charge in [0.2, 0.25) is 11.6 Å². The first kappa shape index (κ1) is 18.4. The summed E-state index contributed by atoms with van der Waals surface area (Å²) in [5.74, 6) is -0.880. The van der Waals surface area contributed by atoms with Crippen molar-refractivity contribution in [3.8, 4) is 0 Å². The van der Waals surface area contributed by atoms with Crippen LogP contribution in [0, 0.1) is 5.92 Å². The number of fused-ring (bicyclic) bond motifs is 3. The predicted molar refractivity (Wildman–Crippen MR) is 94.6 cm³/mol. The molecule has 140 valence electrons. The van der Waals surface area contributed by atoms with Gasteiger partial charge in [0.25, 0.3) is 5.91 Å². The molecule has 0 saturated carbocycles. The molecule has 1 aromatic carbocycles. The maximum absolute atomic E-state index is 13.1. The molecule has 1 aromatic rings. The first-order valence-corrected chi connectivity index (χ1v) is 8.83. The van der Waals surface area contributed by atoms with Gasteiger partial charge in [-0.2, -0.15) is 0 Å². The van der Waals surface area contributed by atoms with Gasteiger partial charge in [-0.05, 0) is 18.1 Å². The Balaban J connectivity index is 2.11. The minimum Gasteiger partial charge on any atom is -0.462 e. The van der Waals surface area contributed by atoms with E-state index in [2.05, 4.69) is 0 Å². The van der Waals surface area contributed by atoms with Crippen molar-refractivity contribution < 1.29 is 23.9 Å². The third-order valence-corrected chi connectivity index (χ3v) is 4.77. The maximum atomic E-state index is 13.1. The van der Waals surface area contributed by atoms with Gasteiger partial charge in [-0.25, -0.2) is 4.79 Å². The number of methoxy groups -OCH3 is 1. The van der Waals surface area contributed by atoms with E-state index in [4.69, 9.17) is 9.47 Å². The summed E-state index contributed by atoms with van der Waals surface area (Å²) in [6.07, 6.45) is 0.397. The Bertz CT molecular complexity index is 732. The standard InChI is InChI=1S/C19H24N2O5/c1-13(2)12-26-18(24)19-9-8-16(22)21(19)15-7-5-4-6-14(15)17(23)20(19)10-11-25-3/h4-7,13H,8-12H2,1-3H3/t19-/m0/s1. The second kappa shape index (κ2) is 7.07. The molecule has 7 nitrogen and oxygen atoms in total. The van der Waals surface area contributed by atoms with Crippen LogP contribution < -0.4 is 4.90 Å². The highest BCUT2D eigenvalue weighted by molar-refractivity contribution is 6.15. The molecule has 1 saturated heterocycles. The highest BCUT2D eigenvalue weighted by Crippen LogP contribution is 2.45. The number of amides is 2. The molecule has 26 heavy (non-hydrogen) atoms. The minimum absolute atomic E-state index is 0.153. The summed E-state index contributed by atoms with van der Waals surface area (Å²) in [5.41, 5.74) is -0.558. The molecule has 0 N–H and O–H groups in total. The zero-order valence-electron chi connectivity index (χ0n) is 15.4. The lowest BCUT2D eigenvalue weighted by molar-refractivity contribution is -0.158. The van der Waals surface area contributed by atoms with Crippen LogP contribution >= 0.6 is 0 Å². The lowest BCUT2D eigenvalue weighted by Crippen LogP contribution is -2.69. The van der Waals surface area contributed by atoms with Crippen molar-refractivity contribution in [2.75, 3.05) is 31.8 Å². The van der Waals surface area contributed by atoms with Gasteiger partial charge in [-0.3, -0.25) is 14.5 Å². The Hall–Kier alpha value is -2.41. The van der Waals surface area contributed by atoms with E-state index in [0.29, 0.717) is 11.3 Å². The summed E-state index contributed by atoms with van der Waals surface area (Å²) in [7, 11) is 1.53. The lowest BCUT2D eigenvalue weighted by Gasteiger charge is -2.48. The van der Waals surface area contributed by atoms with Crippen molar-refractivity contribution in [2.24, 2.45) is 5.92 Å². The van der Waals surface area contributed by atoms with Crippen molar-refractivity contribution in [1.29, 1.82) is 0 Å². The number of rotatable bonds is 6. The summed E-state index contributed by atoms with van der Waals surface area (Å²) in [6, 6.07) is 6.88. The number of esters is 1. The van der Waals surface area contributed by atoms with E-state index in [1.54, 1.807) is 24.3 Å². The second-order valence-corrected chi connectivity index (χ2v) is 7.00. The van der Waals surface area contributed by atoms with Gasteiger partial charge in [-0.15, -0.1) is 0 Å². The topological polar surface area (TPSA) is 76.2 Å². The fraction of sp³-hybridized carbons (Fsp3) is 0.526. The Labute approximate surface area is 152 Å². The molecule has 0 unspecified atom stereocenters. The zero-order valence-corrected chi connectivity index (χ0v) is 15.4. The number of ether oxygens (including phenoxy) is 2. The Morgan fingerprint density at radius 2 is 2.00 bits per heavy atom. The summed E-state index contributed by atoms with van der Waals surface area (Å²) in [4.78, 5) is 41.9. The van der Waals surface area contributed by atoms with Gasteiger partial charge in [0.1, 0.15) is 0 Å². The maximum Gasteiger partial charge on any atom is 0.353 e. The third kappa shape index (κ3) is 2.76. The second-order valence-electron chi connectivity index (χ2n) is 7.00. The highest BCUT2D eigenvalue weighted by Gasteiger charge is 2.61. The van der Waals surface area contributed by atoms with Gasteiger partial charge in [0, 0.05) is 26.5 Å². The van der Waals surface area contributed by atoms with Gasteiger partial charge in [-0.1, -0.05) is 26.0 Å². The molecule has 2 amide bonds. The van der Waals surface area contributed by atoms with Crippen molar-refractivity contribution in [2.45, 2.75) is 32.4 Å². The molecule has 2 aliphatic rings. The number of carbonyl (C=O) groups excluding carboxylic acids is 3. The number of anilines is 1. The van der Waals surface area contributed by atoms with E-state index < -0.39 is 11.6 Å². The Morgan fingerprint density at radius 3 is 2.69 bits per heavy atom. The molecule has 0 radical (unpaired) electrons. The molecule has 7 heteroatoms. The third-order valence-electron chi connectivity index (χ3n) is 4.77. The number of carbonyl (C=O) groups is 3. The van der Waals surface area contributed by atoms with E-state index >= 15 is 0 Å². The Morgan fingerprint density at radius 1 is 1.27 bits per heavy atom. The zero-order chi connectivity index (χ0) is 18.9. The van der Waals surface area contributed by atoms with Crippen LogP contribution in [-0.2, 0) is 19.1 Å². The average molecular weight is 360 g/mol. The van der Waals surface area contributed by atoms with E-state index in [0.717, 1.165) is 0 Å². The number of hydrogen-bond acceptors (Lipinski definition) is 5. The fourth-order valence-corrected chi connectivity index (χ4v) is 3.59. The van der Waals surface area contributed by atoms with Crippen molar-refractivity contribution in [3.05, 3.63) is 29.8 Å². The molecule has 0 spiro atoms. The van der Waals surface area contributed by atoms with Crippen LogP contribution in [0.25, 0.3) is 0 Å². The van der Waals surface area contributed by atoms with Crippen molar-refractivity contribution in [1.82, 2.24) is 4.90 Å². The van der Waals surface area contributed by atoms with E-state index in [-0.39, 0.29) is 50.3 Å². The van der Waals surface area contributed by atoms with Crippen LogP contribution in [0.2, 0.25) is 0 Å². The number of hydrogen-bond donors (Lipinski definition) is 0. The molecule has 0 aliphatic carbocycles. The molecule has 0 aromatic heterocycles. The van der Waals surface area contributed by atoms with E-state index in [1.165, 1.54) is 16.9 Å². The summed E-state index contributed by atoms with van der Waals surface area (Å²) < 4.78 is 10.6. The van der Waals surface area contributed by atoms with Gasteiger partial charge in [0.15, 0.2) is 0 Å². The highest BCUT2D eigenvalue weighted by atomic mass is 16.5. The summed E-state index contributed by atoms with van der Waals surface area (Å²) >= 11 is 0. The molecule has 2 aliphatic heterocycles. The molecule has 2 heterocycles. The largest absolute Gasteiger partial charge is 0.462 e. The van der Waals surface area contributed by atoms with Gasteiger partial charge in [0.05, 0.1) is 24.5 Å². The normalized spacial score (nSPS) is 21.8. The van der Waals surface area contributed by atoms with Crippen LogP contribution in [0.4, 0.5) is 5.69 Å². The van der Waals surface area contributed by atoms with Crippen LogP contribution in [0.15, 0.2) is 24.3 Å². The van der Waals surface area contributed by atoms with Crippen LogP contribution in [0.3, 0.4) is 0 Å². The molecule has 1 atom stereocenters. The average Bonchev–Trinajstić information content (AvgIpc) is 2.98. The molecular weight excluding hydrogens is 336 g/mol. The monoisotopic (exact) mass is 360 g/mol. The molecular formula is C19H24N2O5. The van der Waals surface area contributed by atoms with Gasteiger partial charge >= 0.3 is 5.97 Å². The molecule has 1 fully saturated rings. The van der Waals surface area contributed by atoms with Crippen LogP contribution in [0.5, 0.6) is 0 Å². The first-order valence-electron chi connectivity index (χ1n) is 8.83. The number of nitrogens with zero attached hydrogens (tertiary/aromatic N) is 2. The Kier molecular flexibility index (Phi) is 5.00. The lowest BCUT2D eigenvalue weighted by atomic mass is 9.96. The number of benzene rings is 1. The van der Waals surface area contributed by atoms with Crippen LogP contribution in [-0.4, -0.2) is 55.2 Å². The van der Waals surface area contributed by atoms with E-state index in [9.17, 15) is 14.4 Å². The quantitative estimate of drug-likeness (QED) is 0.723. The first-order chi connectivity index (χ1) is 12.4. The molecule has 3 rings (SSSR count). The van der Waals surface area contributed by atoms with Crippen molar-refractivity contribution >= 4 is 23.5 Å². The smallest absolute Gasteiger partial charge is 0.353 e. The predicted octanol–water partition coefficient (Wildman–Crippen LogP) is 1.81.